The van der Waals surface area contributed by atoms with Crippen molar-refractivity contribution in [2.75, 3.05) is 13.1 Å². The highest BCUT2D eigenvalue weighted by molar-refractivity contribution is 5.79. The highest BCUT2D eigenvalue weighted by Crippen LogP contribution is 2.37. The van der Waals surface area contributed by atoms with Crippen LogP contribution < -0.4 is 5.73 Å². The Morgan fingerprint density at radius 2 is 2.17 bits per heavy atom. The number of aryl methyl sites for hydroxylation is 1. The van der Waals surface area contributed by atoms with Crippen molar-refractivity contribution in [3.63, 3.8) is 0 Å². The number of likely N-dealkylation sites (tertiary alicyclic amines) is 1. The van der Waals surface area contributed by atoms with Gasteiger partial charge in [-0.05, 0) is 42.9 Å². The third-order valence-electron chi connectivity index (χ3n) is 4.29. The van der Waals surface area contributed by atoms with Gasteiger partial charge in [-0.25, -0.2) is 0 Å². The van der Waals surface area contributed by atoms with Crippen LogP contribution in [0.1, 0.15) is 36.4 Å². The van der Waals surface area contributed by atoms with Crippen LogP contribution >= 0.6 is 0 Å². The lowest BCUT2D eigenvalue weighted by molar-refractivity contribution is -0.130. The molecule has 96 valence electrons. The number of carbonyl (C=O) groups excluding carboxylic acids is 1. The topological polar surface area (TPSA) is 46.3 Å². The van der Waals surface area contributed by atoms with Gasteiger partial charge in [-0.15, -0.1) is 0 Å². The summed E-state index contributed by atoms with van der Waals surface area (Å²) >= 11 is 0. The predicted octanol–water partition coefficient (Wildman–Crippen LogP) is 1.87. The summed E-state index contributed by atoms with van der Waals surface area (Å²) in [6.07, 6.45) is 4.06. The predicted molar refractivity (Wildman–Crippen MR) is 71.0 cm³/mol. The summed E-state index contributed by atoms with van der Waals surface area (Å²) in [4.78, 5) is 14.2. The van der Waals surface area contributed by atoms with E-state index in [2.05, 4.69) is 29.2 Å². The van der Waals surface area contributed by atoms with E-state index in [1.807, 2.05) is 0 Å². The fourth-order valence-corrected chi connectivity index (χ4v) is 3.32. The molecule has 1 aromatic carbocycles. The Kier molecular flexibility index (Phi) is 3.08. The van der Waals surface area contributed by atoms with Gasteiger partial charge in [0, 0.05) is 13.0 Å². The van der Waals surface area contributed by atoms with E-state index in [0.29, 0.717) is 24.9 Å². The smallest absolute Gasteiger partial charge is 0.223 e. The second-order valence-electron chi connectivity index (χ2n) is 5.46. The second kappa shape index (κ2) is 4.73. The molecule has 3 nitrogen and oxygen atoms in total. The molecule has 1 saturated heterocycles. The number of hydrogen-bond donors (Lipinski definition) is 1. The molecule has 1 aliphatic heterocycles. The molecule has 2 atom stereocenters. The molecule has 0 saturated carbocycles. The maximum atomic E-state index is 12.1. The Labute approximate surface area is 108 Å². The first kappa shape index (κ1) is 11.7. The van der Waals surface area contributed by atoms with Gasteiger partial charge in [-0.3, -0.25) is 4.79 Å². The molecule has 3 rings (SSSR count). The van der Waals surface area contributed by atoms with Gasteiger partial charge in [-0.1, -0.05) is 24.3 Å². The Morgan fingerprint density at radius 3 is 2.94 bits per heavy atom. The number of hydrogen-bond acceptors (Lipinski definition) is 2. The largest absolute Gasteiger partial charge is 0.335 e. The number of benzene rings is 1. The van der Waals surface area contributed by atoms with E-state index in [1.165, 1.54) is 17.5 Å². The fourth-order valence-electron chi connectivity index (χ4n) is 3.32. The number of fused-ring (bicyclic) bond motifs is 1. The Hall–Kier alpha value is -1.35. The van der Waals surface area contributed by atoms with Crippen molar-refractivity contribution in [3.8, 4) is 0 Å². The first-order chi connectivity index (χ1) is 8.79. The molecule has 18 heavy (non-hydrogen) atoms. The molecule has 2 aliphatic rings. The minimum atomic E-state index is 0.284. The standard InChI is InChI=1S/C15H20N2O/c16-9-11-8-15(18)17(10-11)14-7-3-5-12-4-1-2-6-13(12)14/h1-2,4,6,11,14H,3,5,7-10,16H2. The van der Waals surface area contributed by atoms with Crippen molar-refractivity contribution in [1.82, 2.24) is 4.90 Å². The molecule has 1 aliphatic carbocycles. The monoisotopic (exact) mass is 244 g/mol. The molecule has 0 radical (unpaired) electrons. The zero-order valence-corrected chi connectivity index (χ0v) is 10.6. The van der Waals surface area contributed by atoms with Crippen molar-refractivity contribution >= 4 is 5.91 Å². The van der Waals surface area contributed by atoms with E-state index in [0.717, 1.165) is 19.4 Å². The van der Waals surface area contributed by atoms with Gasteiger partial charge in [0.05, 0.1) is 6.04 Å². The molecule has 1 amide bonds. The quantitative estimate of drug-likeness (QED) is 0.863. The number of nitrogens with zero attached hydrogens (tertiary/aromatic N) is 1. The summed E-state index contributed by atoms with van der Waals surface area (Å²) in [6.45, 7) is 1.46. The number of amides is 1. The molecule has 2 N–H and O–H groups in total. The van der Waals surface area contributed by atoms with Crippen molar-refractivity contribution in [3.05, 3.63) is 35.4 Å². The van der Waals surface area contributed by atoms with Crippen molar-refractivity contribution in [2.24, 2.45) is 11.7 Å². The Morgan fingerprint density at radius 1 is 1.33 bits per heavy atom. The van der Waals surface area contributed by atoms with Gasteiger partial charge < -0.3 is 10.6 Å². The Bertz CT molecular complexity index is 458. The summed E-state index contributed by atoms with van der Waals surface area (Å²) in [6, 6.07) is 8.84. The molecule has 0 bridgehead atoms. The SMILES string of the molecule is NCC1CC(=O)N(C2CCCc3ccccc32)C1. The first-order valence-corrected chi connectivity index (χ1v) is 6.87. The summed E-state index contributed by atoms with van der Waals surface area (Å²) in [5.41, 5.74) is 8.47. The van der Waals surface area contributed by atoms with E-state index in [-0.39, 0.29) is 5.91 Å². The number of carbonyl (C=O) groups is 1. The van der Waals surface area contributed by atoms with Gasteiger partial charge in [0.25, 0.3) is 0 Å². The van der Waals surface area contributed by atoms with E-state index in [9.17, 15) is 4.79 Å². The molecular weight excluding hydrogens is 224 g/mol. The molecule has 1 fully saturated rings. The average Bonchev–Trinajstić information content (AvgIpc) is 2.79. The normalized spacial score (nSPS) is 27.4. The number of nitrogens with two attached hydrogens (primary N) is 1. The molecule has 1 heterocycles. The van der Waals surface area contributed by atoms with Crippen LogP contribution in [0.15, 0.2) is 24.3 Å². The van der Waals surface area contributed by atoms with Gasteiger partial charge in [-0.2, -0.15) is 0 Å². The van der Waals surface area contributed by atoms with Crippen LogP contribution in [-0.2, 0) is 11.2 Å². The third kappa shape index (κ3) is 1.93. The van der Waals surface area contributed by atoms with E-state index in [4.69, 9.17) is 5.73 Å². The average molecular weight is 244 g/mol. The zero-order valence-electron chi connectivity index (χ0n) is 10.6. The van der Waals surface area contributed by atoms with E-state index >= 15 is 0 Å². The second-order valence-corrected chi connectivity index (χ2v) is 5.46. The molecule has 3 heteroatoms. The van der Waals surface area contributed by atoms with E-state index in [1.54, 1.807) is 0 Å². The molecule has 0 aromatic heterocycles. The van der Waals surface area contributed by atoms with Crippen LogP contribution in [-0.4, -0.2) is 23.9 Å². The lowest BCUT2D eigenvalue weighted by Gasteiger charge is -2.33. The summed E-state index contributed by atoms with van der Waals surface area (Å²) in [5, 5.41) is 0. The van der Waals surface area contributed by atoms with Gasteiger partial charge in [0.2, 0.25) is 5.91 Å². The fraction of sp³-hybridized carbons (Fsp3) is 0.533. The van der Waals surface area contributed by atoms with Crippen LogP contribution in [0.4, 0.5) is 0 Å². The van der Waals surface area contributed by atoms with Crippen LogP contribution in [0.5, 0.6) is 0 Å². The van der Waals surface area contributed by atoms with Crippen molar-refractivity contribution in [1.29, 1.82) is 0 Å². The minimum absolute atomic E-state index is 0.284. The zero-order chi connectivity index (χ0) is 12.5. The highest BCUT2D eigenvalue weighted by atomic mass is 16.2. The molecule has 0 spiro atoms. The van der Waals surface area contributed by atoms with Gasteiger partial charge >= 0.3 is 0 Å². The summed E-state index contributed by atoms with van der Waals surface area (Å²) in [7, 11) is 0. The van der Waals surface area contributed by atoms with Crippen LogP contribution in [0, 0.1) is 5.92 Å². The maximum absolute atomic E-state index is 12.1. The molecule has 2 unspecified atom stereocenters. The summed E-state index contributed by atoms with van der Waals surface area (Å²) < 4.78 is 0. The summed E-state index contributed by atoms with van der Waals surface area (Å²) in [5.74, 6) is 0.638. The first-order valence-electron chi connectivity index (χ1n) is 6.87. The van der Waals surface area contributed by atoms with Crippen molar-refractivity contribution < 1.29 is 4.79 Å². The van der Waals surface area contributed by atoms with Crippen molar-refractivity contribution in [2.45, 2.75) is 31.7 Å². The third-order valence-corrected chi connectivity index (χ3v) is 4.29. The molecular formula is C15H20N2O. The lowest BCUT2D eigenvalue weighted by Crippen LogP contribution is -2.33. The van der Waals surface area contributed by atoms with Crippen LogP contribution in [0.25, 0.3) is 0 Å². The highest BCUT2D eigenvalue weighted by Gasteiger charge is 2.35. The van der Waals surface area contributed by atoms with Crippen LogP contribution in [0.3, 0.4) is 0 Å². The Balaban J connectivity index is 1.88. The lowest BCUT2D eigenvalue weighted by atomic mass is 9.87. The van der Waals surface area contributed by atoms with Gasteiger partial charge in [0.15, 0.2) is 0 Å². The number of rotatable bonds is 2. The van der Waals surface area contributed by atoms with E-state index < -0.39 is 0 Å². The molecule has 1 aromatic rings. The minimum Gasteiger partial charge on any atom is -0.335 e. The van der Waals surface area contributed by atoms with Crippen LogP contribution in [0.2, 0.25) is 0 Å². The maximum Gasteiger partial charge on any atom is 0.223 e. The van der Waals surface area contributed by atoms with Gasteiger partial charge in [0.1, 0.15) is 0 Å².